The van der Waals surface area contributed by atoms with Crippen LogP contribution >= 0.6 is 0 Å². The average molecular weight is 296 g/mol. The van der Waals surface area contributed by atoms with Crippen LogP contribution in [0.5, 0.6) is 0 Å². The lowest BCUT2D eigenvalue weighted by atomic mass is 9.88. The Labute approximate surface area is 121 Å². The number of nitro benzene ring substituents is 1. The van der Waals surface area contributed by atoms with Crippen molar-refractivity contribution in [1.82, 2.24) is 4.90 Å². The van der Waals surface area contributed by atoms with Gasteiger partial charge >= 0.3 is 11.7 Å². The van der Waals surface area contributed by atoms with Crippen LogP contribution in [0.15, 0.2) is 18.2 Å². The molecule has 0 bridgehead atoms. The Balaban J connectivity index is 2.30. The van der Waals surface area contributed by atoms with Crippen molar-refractivity contribution in [3.8, 4) is 0 Å². The van der Waals surface area contributed by atoms with E-state index in [9.17, 15) is 24.4 Å². The summed E-state index contributed by atoms with van der Waals surface area (Å²) in [6, 6.07) is 3.98. The summed E-state index contributed by atoms with van der Waals surface area (Å²) in [6.07, 6.45) is 2.12. The second-order valence-electron chi connectivity index (χ2n) is 5.47. The van der Waals surface area contributed by atoms with Gasteiger partial charge in [0.05, 0.1) is 4.92 Å². The first-order valence-electron chi connectivity index (χ1n) is 6.76. The molecule has 1 aromatic rings. The van der Waals surface area contributed by atoms with Crippen molar-refractivity contribution in [1.29, 1.82) is 0 Å². The topological polar surface area (TPSA) is 83.7 Å². The maximum atomic E-state index is 14.1. The van der Waals surface area contributed by atoms with E-state index >= 15 is 0 Å². The summed E-state index contributed by atoms with van der Waals surface area (Å²) in [5.41, 5.74) is -1.49. The van der Waals surface area contributed by atoms with Crippen molar-refractivity contribution in [3.63, 3.8) is 0 Å². The van der Waals surface area contributed by atoms with E-state index in [0.717, 1.165) is 18.9 Å². The number of rotatable bonds is 4. The van der Waals surface area contributed by atoms with Crippen LogP contribution < -0.4 is 0 Å². The number of piperidine rings is 1. The molecule has 1 saturated heterocycles. The molecule has 0 radical (unpaired) electrons. The Morgan fingerprint density at radius 2 is 2.24 bits per heavy atom. The molecule has 1 fully saturated rings. The molecule has 1 aliphatic heterocycles. The highest BCUT2D eigenvalue weighted by Crippen LogP contribution is 2.31. The Bertz CT molecular complexity index is 578. The molecule has 0 amide bonds. The van der Waals surface area contributed by atoms with Gasteiger partial charge in [0, 0.05) is 18.2 Å². The van der Waals surface area contributed by atoms with E-state index in [1.54, 1.807) is 11.8 Å². The number of likely N-dealkylation sites (tertiary alicyclic amines) is 1. The quantitative estimate of drug-likeness (QED) is 0.682. The van der Waals surface area contributed by atoms with Crippen LogP contribution in [0.25, 0.3) is 0 Å². The van der Waals surface area contributed by atoms with Crippen molar-refractivity contribution in [3.05, 3.63) is 39.7 Å². The van der Waals surface area contributed by atoms with Gasteiger partial charge in [-0.2, -0.15) is 4.39 Å². The predicted molar refractivity (Wildman–Crippen MR) is 73.4 cm³/mol. The summed E-state index contributed by atoms with van der Waals surface area (Å²) >= 11 is 0. The fraction of sp³-hybridized carbons (Fsp3) is 0.500. The number of aliphatic carboxylic acids is 1. The molecule has 0 spiro atoms. The summed E-state index contributed by atoms with van der Waals surface area (Å²) in [7, 11) is 0. The highest BCUT2D eigenvalue weighted by atomic mass is 19.1. The Hall–Kier alpha value is -2.02. The normalized spacial score (nSPS) is 23.0. The smallest absolute Gasteiger partial charge is 0.323 e. The Morgan fingerprint density at radius 3 is 2.86 bits per heavy atom. The molecule has 1 atom stereocenters. The van der Waals surface area contributed by atoms with Crippen LogP contribution in [-0.4, -0.2) is 33.0 Å². The van der Waals surface area contributed by atoms with Crippen molar-refractivity contribution < 1.29 is 19.2 Å². The van der Waals surface area contributed by atoms with E-state index in [1.165, 1.54) is 12.1 Å². The number of benzene rings is 1. The van der Waals surface area contributed by atoms with E-state index in [2.05, 4.69) is 0 Å². The van der Waals surface area contributed by atoms with Crippen molar-refractivity contribution in [2.24, 2.45) is 0 Å². The number of carbonyl (C=O) groups is 1. The molecule has 1 N–H and O–H groups in total. The fourth-order valence-electron chi connectivity index (χ4n) is 2.71. The van der Waals surface area contributed by atoms with Gasteiger partial charge in [0.15, 0.2) is 0 Å². The van der Waals surface area contributed by atoms with Gasteiger partial charge in [0.25, 0.3) is 0 Å². The maximum absolute atomic E-state index is 14.1. The molecule has 1 aliphatic rings. The van der Waals surface area contributed by atoms with Gasteiger partial charge in [-0.3, -0.25) is 19.8 Å². The van der Waals surface area contributed by atoms with Crippen molar-refractivity contribution in [2.75, 3.05) is 6.54 Å². The minimum atomic E-state index is -1.06. The second kappa shape index (κ2) is 5.77. The lowest BCUT2D eigenvalue weighted by Gasteiger charge is -2.41. The number of hydrogen-bond acceptors (Lipinski definition) is 4. The highest BCUT2D eigenvalue weighted by Gasteiger charge is 2.41. The summed E-state index contributed by atoms with van der Waals surface area (Å²) in [6.45, 7) is 2.20. The van der Waals surface area contributed by atoms with Gasteiger partial charge in [-0.1, -0.05) is 12.1 Å². The summed E-state index contributed by atoms with van der Waals surface area (Å²) in [4.78, 5) is 23.2. The molecule has 114 valence electrons. The van der Waals surface area contributed by atoms with Crippen LogP contribution in [0.2, 0.25) is 0 Å². The lowest BCUT2D eigenvalue weighted by molar-refractivity contribution is -0.387. The zero-order chi connectivity index (χ0) is 15.6. The van der Waals surface area contributed by atoms with Crippen LogP contribution in [0.4, 0.5) is 10.1 Å². The number of hydrogen-bond donors (Lipinski definition) is 1. The maximum Gasteiger partial charge on any atom is 0.323 e. The SMILES string of the molecule is CC1(C(=O)O)CCCCN1Cc1cccc([N+](=O)[O-])c1F. The first-order valence-corrected chi connectivity index (χ1v) is 6.76. The van der Waals surface area contributed by atoms with Crippen molar-refractivity contribution >= 4 is 11.7 Å². The molecule has 21 heavy (non-hydrogen) atoms. The van der Waals surface area contributed by atoms with Gasteiger partial charge < -0.3 is 5.11 Å². The predicted octanol–water partition coefficient (Wildman–Crippen LogP) is 2.56. The molecule has 0 saturated carbocycles. The van der Waals surface area contributed by atoms with E-state index in [-0.39, 0.29) is 12.1 Å². The molecule has 0 aromatic heterocycles. The van der Waals surface area contributed by atoms with Gasteiger partial charge in [-0.05, 0) is 32.7 Å². The zero-order valence-corrected chi connectivity index (χ0v) is 11.7. The molecule has 7 heteroatoms. The van der Waals surface area contributed by atoms with Crippen LogP contribution in [0, 0.1) is 15.9 Å². The molecule has 1 heterocycles. The molecule has 0 aliphatic carbocycles. The van der Waals surface area contributed by atoms with Crippen LogP contribution in [0.3, 0.4) is 0 Å². The number of halogens is 1. The third kappa shape index (κ3) is 2.87. The first kappa shape index (κ1) is 15.4. The molecular weight excluding hydrogens is 279 g/mol. The summed E-state index contributed by atoms with van der Waals surface area (Å²) in [5.74, 6) is -1.84. The number of carboxylic acid groups (broad SMARTS) is 1. The third-order valence-corrected chi connectivity index (χ3v) is 4.12. The minimum absolute atomic E-state index is 0.0519. The highest BCUT2D eigenvalue weighted by molar-refractivity contribution is 5.78. The van der Waals surface area contributed by atoms with Gasteiger partial charge in [-0.25, -0.2) is 0 Å². The Morgan fingerprint density at radius 1 is 1.52 bits per heavy atom. The standard InChI is InChI=1S/C14H17FN2O4/c1-14(13(18)19)7-2-3-8-16(14)9-10-5-4-6-11(12(10)15)17(20)21/h4-6H,2-3,7-9H2,1H3,(H,18,19). The number of carboxylic acids is 1. The monoisotopic (exact) mass is 296 g/mol. The van der Waals surface area contributed by atoms with Gasteiger partial charge in [0.2, 0.25) is 5.82 Å². The molecule has 1 aromatic carbocycles. The van der Waals surface area contributed by atoms with E-state index in [4.69, 9.17) is 0 Å². The summed E-state index contributed by atoms with van der Waals surface area (Å²) in [5, 5.41) is 20.2. The summed E-state index contributed by atoms with van der Waals surface area (Å²) < 4.78 is 14.1. The van der Waals surface area contributed by atoms with Crippen LogP contribution in [0.1, 0.15) is 31.7 Å². The van der Waals surface area contributed by atoms with E-state index < -0.39 is 27.9 Å². The first-order chi connectivity index (χ1) is 9.86. The average Bonchev–Trinajstić information content (AvgIpc) is 2.43. The number of nitrogens with zero attached hydrogens (tertiary/aromatic N) is 2. The van der Waals surface area contributed by atoms with Gasteiger partial charge in [0.1, 0.15) is 5.54 Å². The fourth-order valence-corrected chi connectivity index (χ4v) is 2.71. The Kier molecular flexibility index (Phi) is 4.22. The van der Waals surface area contributed by atoms with Crippen LogP contribution in [-0.2, 0) is 11.3 Å². The van der Waals surface area contributed by atoms with E-state index in [0.29, 0.717) is 13.0 Å². The minimum Gasteiger partial charge on any atom is -0.480 e. The largest absolute Gasteiger partial charge is 0.480 e. The second-order valence-corrected chi connectivity index (χ2v) is 5.47. The number of nitro groups is 1. The molecule has 6 nitrogen and oxygen atoms in total. The van der Waals surface area contributed by atoms with Gasteiger partial charge in [-0.15, -0.1) is 0 Å². The molecule has 2 rings (SSSR count). The lowest BCUT2D eigenvalue weighted by Crippen LogP contribution is -2.54. The molecular formula is C14H17FN2O4. The molecule has 1 unspecified atom stereocenters. The third-order valence-electron chi connectivity index (χ3n) is 4.12. The zero-order valence-electron chi connectivity index (χ0n) is 11.7. The van der Waals surface area contributed by atoms with E-state index in [1.807, 2.05) is 0 Å². The van der Waals surface area contributed by atoms with Crippen molar-refractivity contribution in [2.45, 2.75) is 38.3 Å².